The molecule has 1 aromatic rings. The molecule has 0 saturated heterocycles. The van der Waals surface area contributed by atoms with Crippen LogP contribution >= 0.6 is 0 Å². The number of halogens is 1. The summed E-state index contributed by atoms with van der Waals surface area (Å²) in [6, 6.07) is 2.72. The van der Waals surface area contributed by atoms with Gasteiger partial charge in [0.2, 0.25) is 6.20 Å². The smallest absolute Gasteiger partial charge is 0.236 e. The van der Waals surface area contributed by atoms with Crippen LogP contribution in [0.3, 0.4) is 0 Å². The van der Waals surface area contributed by atoms with Crippen LogP contribution in [-0.4, -0.2) is 9.91 Å². The van der Waals surface area contributed by atoms with Gasteiger partial charge in [0.15, 0.2) is 0 Å². The van der Waals surface area contributed by atoms with Gasteiger partial charge in [-0.05, 0) is 19.1 Å². The molecule has 0 amide bonds. The van der Waals surface area contributed by atoms with E-state index in [1.807, 2.05) is 0 Å². The summed E-state index contributed by atoms with van der Waals surface area (Å²) in [4.78, 5) is 13.1. The molecule has 1 aromatic heterocycles. The van der Waals surface area contributed by atoms with Crippen molar-refractivity contribution in [1.82, 2.24) is 4.98 Å². The average molecular weight is 182 g/mol. The first kappa shape index (κ1) is 9.31. The number of aromatic nitrogens is 1. The minimum Gasteiger partial charge on any atom is -0.259 e. The van der Waals surface area contributed by atoms with Gasteiger partial charge in [-0.3, -0.25) is 15.1 Å². The van der Waals surface area contributed by atoms with Crippen molar-refractivity contribution in [2.24, 2.45) is 0 Å². The van der Waals surface area contributed by atoms with E-state index < -0.39 is 10.7 Å². The third kappa shape index (κ3) is 2.62. The maximum absolute atomic E-state index is 12.9. The molecule has 1 heterocycles. The molecule has 0 spiro atoms. The first-order chi connectivity index (χ1) is 6.09. The SMILES string of the molecule is Cc1ccc(F)c(/C=C/[N+](=O)[O-])n1. The topological polar surface area (TPSA) is 56.0 Å². The maximum atomic E-state index is 12.9. The Morgan fingerprint density at radius 1 is 1.62 bits per heavy atom. The molecule has 0 fully saturated rings. The van der Waals surface area contributed by atoms with Gasteiger partial charge in [0.25, 0.3) is 0 Å². The number of pyridine rings is 1. The highest BCUT2D eigenvalue weighted by atomic mass is 19.1. The third-order valence-corrected chi connectivity index (χ3v) is 1.37. The second kappa shape index (κ2) is 3.75. The van der Waals surface area contributed by atoms with Crippen LogP contribution in [0.4, 0.5) is 4.39 Å². The zero-order valence-electron chi connectivity index (χ0n) is 6.90. The van der Waals surface area contributed by atoms with Crippen LogP contribution in [0.15, 0.2) is 18.3 Å². The molecule has 0 saturated carbocycles. The summed E-state index contributed by atoms with van der Waals surface area (Å²) in [5, 5.41) is 9.94. The van der Waals surface area contributed by atoms with Gasteiger partial charge in [-0.1, -0.05) is 0 Å². The zero-order chi connectivity index (χ0) is 9.84. The lowest BCUT2D eigenvalue weighted by molar-refractivity contribution is -0.401. The Hall–Kier alpha value is -1.78. The normalized spacial score (nSPS) is 10.6. The van der Waals surface area contributed by atoms with Crippen molar-refractivity contribution in [2.45, 2.75) is 6.92 Å². The number of nitro groups is 1. The number of hydrogen-bond donors (Lipinski definition) is 0. The van der Waals surface area contributed by atoms with Gasteiger partial charge in [0, 0.05) is 11.8 Å². The zero-order valence-corrected chi connectivity index (χ0v) is 6.90. The van der Waals surface area contributed by atoms with Crippen LogP contribution < -0.4 is 0 Å². The van der Waals surface area contributed by atoms with Crippen LogP contribution in [0.25, 0.3) is 6.08 Å². The number of nitrogens with zero attached hydrogens (tertiary/aromatic N) is 2. The van der Waals surface area contributed by atoms with Crippen LogP contribution in [-0.2, 0) is 0 Å². The van der Waals surface area contributed by atoms with Crippen molar-refractivity contribution >= 4 is 6.08 Å². The molecule has 0 unspecified atom stereocenters. The fourth-order valence-corrected chi connectivity index (χ4v) is 0.808. The number of rotatable bonds is 2. The molecule has 0 aromatic carbocycles. The van der Waals surface area contributed by atoms with Crippen molar-refractivity contribution in [3.05, 3.63) is 45.7 Å². The quantitative estimate of drug-likeness (QED) is 0.517. The first-order valence-corrected chi connectivity index (χ1v) is 3.54. The van der Waals surface area contributed by atoms with Crippen molar-refractivity contribution in [2.75, 3.05) is 0 Å². The molecule has 4 nitrogen and oxygen atoms in total. The molecule has 0 atom stereocenters. The monoisotopic (exact) mass is 182 g/mol. The maximum Gasteiger partial charge on any atom is 0.236 e. The van der Waals surface area contributed by atoms with Crippen molar-refractivity contribution in [3.63, 3.8) is 0 Å². The predicted molar refractivity (Wildman–Crippen MR) is 45.0 cm³/mol. The fraction of sp³-hybridized carbons (Fsp3) is 0.125. The summed E-state index contributed by atoms with van der Waals surface area (Å²) < 4.78 is 12.9. The Morgan fingerprint density at radius 3 is 2.92 bits per heavy atom. The van der Waals surface area contributed by atoms with E-state index in [1.165, 1.54) is 12.1 Å². The summed E-state index contributed by atoms with van der Waals surface area (Å²) in [6.45, 7) is 1.68. The third-order valence-electron chi connectivity index (χ3n) is 1.37. The molecule has 0 N–H and O–H groups in total. The second-order valence-electron chi connectivity index (χ2n) is 2.42. The summed E-state index contributed by atoms with van der Waals surface area (Å²) in [5.74, 6) is -0.566. The summed E-state index contributed by atoms with van der Waals surface area (Å²) in [6.07, 6.45) is 1.69. The van der Waals surface area contributed by atoms with E-state index in [1.54, 1.807) is 6.92 Å². The van der Waals surface area contributed by atoms with E-state index in [9.17, 15) is 14.5 Å². The molecule has 0 aliphatic rings. The lowest BCUT2D eigenvalue weighted by Gasteiger charge is -1.95. The molecule has 1 rings (SSSR count). The van der Waals surface area contributed by atoms with Gasteiger partial charge in [0.1, 0.15) is 11.5 Å². The molecule has 13 heavy (non-hydrogen) atoms. The van der Waals surface area contributed by atoms with Crippen molar-refractivity contribution in [1.29, 1.82) is 0 Å². The van der Waals surface area contributed by atoms with Crippen molar-refractivity contribution < 1.29 is 9.31 Å². The Morgan fingerprint density at radius 2 is 2.31 bits per heavy atom. The molecule has 0 bridgehead atoms. The molecular formula is C8H7FN2O2. The van der Waals surface area contributed by atoms with Crippen LogP contribution in [0.1, 0.15) is 11.4 Å². The highest BCUT2D eigenvalue weighted by Gasteiger charge is 2.00. The molecule has 5 heteroatoms. The van der Waals surface area contributed by atoms with Crippen LogP contribution in [0.2, 0.25) is 0 Å². The highest BCUT2D eigenvalue weighted by molar-refractivity contribution is 5.43. The molecule has 0 radical (unpaired) electrons. The van der Waals surface area contributed by atoms with E-state index >= 15 is 0 Å². The number of aryl methyl sites for hydroxylation is 1. The van der Waals surface area contributed by atoms with E-state index in [4.69, 9.17) is 0 Å². The van der Waals surface area contributed by atoms with E-state index in [0.29, 0.717) is 11.9 Å². The molecule has 0 aliphatic heterocycles. The summed E-state index contributed by atoms with van der Waals surface area (Å²) >= 11 is 0. The molecule has 0 aliphatic carbocycles. The predicted octanol–water partition coefficient (Wildman–Crippen LogP) is 1.78. The minimum atomic E-state index is -0.663. The van der Waals surface area contributed by atoms with Crippen LogP contribution in [0.5, 0.6) is 0 Å². The van der Waals surface area contributed by atoms with Gasteiger partial charge in [-0.25, -0.2) is 4.39 Å². The molecule has 68 valence electrons. The lowest BCUT2D eigenvalue weighted by atomic mass is 10.3. The van der Waals surface area contributed by atoms with E-state index in [2.05, 4.69) is 4.98 Å². The minimum absolute atomic E-state index is 0.0169. The Balaban J connectivity index is 3.00. The largest absolute Gasteiger partial charge is 0.259 e. The van der Waals surface area contributed by atoms with E-state index in [-0.39, 0.29) is 5.69 Å². The Labute approximate surface area is 73.9 Å². The summed E-state index contributed by atoms with van der Waals surface area (Å²) in [5.41, 5.74) is 0.598. The average Bonchev–Trinajstić information content (AvgIpc) is 2.06. The fourth-order valence-electron chi connectivity index (χ4n) is 0.808. The van der Waals surface area contributed by atoms with Gasteiger partial charge in [0.05, 0.1) is 4.92 Å². The van der Waals surface area contributed by atoms with Crippen LogP contribution in [0, 0.1) is 22.9 Å². The lowest BCUT2D eigenvalue weighted by Crippen LogP contribution is -1.91. The highest BCUT2D eigenvalue weighted by Crippen LogP contribution is 2.06. The molecular weight excluding hydrogens is 175 g/mol. The first-order valence-electron chi connectivity index (χ1n) is 3.54. The van der Waals surface area contributed by atoms with Gasteiger partial charge in [-0.15, -0.1) is 0 Å². The number of hydrogen-bond acceptors (Lipinski definition) is 3. The van der Waals surface area contributed by atoms with E-state index in [0.717, 1.165) is 6.08 Å². The Kier molecular flexibility index (Phi) is 2.69. The standard InChI is InChI=1S/C8H7FN2O2/c1-6-2-3-7(9)8(10-6)4-5-11(12)13/h2-5H,1H3/b5-4+. The van der Waals surface area contributed by atoms with Gasteiger partial charge >= 0.3 is 0 Å². The van der Waals surface area contributed by atoms with Gasteiger partial charge < -0.3 is 0 Å². The Bertz CT molecular complexity index is 363. The van der Waals surface area contributed by atoms with Gasteiger partial charge in [-0.2, -0.15) is 0 Å². The second-order valence-corrected chi connectivity index (χ2v) is 2.42. The summed E-state index contributed by atoms with van der Waals surface area (Å²) in [7, 11) is 0. The van der Waals surface area contributed by atoms with Crippen molar-refractivity contribution in [3.8, 4) is 0 Å².